The zero-order valence-corrected chi connectivity index (χ0v) is 33.8. The molecule has 282 valence electrons. The maximum atomic E-state index is 10.6. The number of para-hydroxylation sites is 1. The van der Waals surface area contributed by atoms with Crippen molar-refractivity contribution < 1.29 is 15.0 Å². The van der Waals surface area contributed by atoms with E-state index in [2.05, 4.69) is 83.1 Å². The molecule has 1 N–H and O–H groups in total. The van der Waals surface area contributed by atoms with Crippen molar-refractivity contribution in [2.45, 2.75) is 148 Å². The van der Waals surface area contributed by atoms with Crippen molar-refractivity contribution >= 4 is 23.5 Å². The zero-order valence-electron chi connectivity index (χ0n) is 33.8. The summed E-state index contributed by atoms with van der Waals surface area (Å²) in [6.45, 7) is 30.7. The van der Waals surface area contributed by atoms with Gasteiger partial charge in [0.05, 0.1) is 27.0 Å². The van der Waals surface area contributed by atoms with Crippen LogP contribution in [0.3, 0.4) is 0 Å². The van der Waals surface area contributed by atoms with Gasteiger partial charge >= 0.3 is 0 Å². The molecule has 7 heteroatoms. The van der Waals surface area contributed by atoms with E-state index in [1.165, 1.54) is 56.7 Å². The van der Waals surface area contributed by atoms with E-state index >= 15 is 0 Å². The van der Waals surface area contributed by atoms with Crippen LogP contribution in [0.2, 0.25) is 0 Å². The van der Waals surface area contributed by atoms with E-state index in [9.17, 15) is 20.2 Å². The lowest BCUT2D eigenvalue weighted by molar-refractivity contribution is -0.385. The predicted molar refractivity (Wildman–Crippen MR) is 216 cm³/mol. The maximum Gasteiger partial charge on any atom is 0.280 e. The quantitative estimate of drug-likeness (QED) is 0.177. The van der Waals surface area contributed by atoms with Crippen LogP contribution >= 0.6 is 0 Å². The van der Waals surface area contributed by atoms with Crippen LogP contribution in [0.1, 0.15) is 159 Å². The molecule has 49 heavy (non-hydrogen) atoms. The van der Waals surface area contributed by atoms with E-state index in [1.807, 2.05) is 26.0 Å². The Labute approximate surface area is 301 Å². The van der Waals surface area contributed by atoms with Crippen molar-refractivity contribution in [3.8, 4) is 5.75 Å². The normalized spacial score (nSPS) is 11.3. The summed E-state index contributed by atoms with van der Waals surface area (Å²) in [7, 11) is 0. The number of nitro groups is 2. The smallest absolute Gasteiger partial charge is 0.280 e. The molecule has 2 aromatic carbocycles. The van der Waals surface area contributed by atoms with Crippen LogP contribution in [0.4, 0.5) is 11.4 Å². The molecular formula is C42H74N2O5. The second kappa shape index (κ2) is 35.8. The highest BCUT2D eigenvalue weighted by molar-refractivity contribution is 5.62. The van der Waals surface area contributed by atoms with E-state index in [1.54, 1.807) is 30.4 Å². The molecule has 2 atom stereocenters. The summed E-state index contributed by atoms with van der Waals surface area (Å²) in [5.41, 5.74) is 1.26. The molecule has 2 aromatic rings. The lowest BCUT2D eigenvalue weighted by Crippen LogP contribution is -2.04. The Morgan fingerprint density at radius 2 is 1.04 bits per heavy atom. The second-order valence-electron chi connectivity index (χ2n) is 12.9. The third-order valence-corrected chi connectivity index (χ3v) is 7.35. The van der Waals surface area contributed by atoms with Crippen LogP contribution in [0.5, 0.6) is 5.75 Å². The molecule has 0 heterocycles. The highest BCUT2D eigenvalue weighted by atomic mass is 16.6. The largest absolute Gasteiger partial charge is 0.508 e. The predicted octanol–water partition coefficient (Wildman–Crippen LogP) is 14.7. The van der Waals surface area contributed by atoms with Crippen molar-refractivity contribution in [1.82, 2.24) is 0 Å². The maximum absolute atomic E-state index is 10.6. The fourth-order valence-corrected chi connectivity index (χ4v) is 3.50. The third-order valence-electron chi connectivity index (χ3n) is 7.35. The minimum absolute atomic E-state index is 0.0744. The SMILES string of the molecule is CC/C=C\c1ccc(O)cc1[N+](=O)[O-].CC/C=C\c1ccccc1[N+](=O)[O-].CCC.CCC(C)C.CCC(C)C(C)CC.CCCC(C)C. The van der Waals surface area contributed by atoms with Crippen LogP contribution < -0.4 is 0 Å². The number of aromatic hydroxyl groups is 1. The van der Waals surface area contributed by atoms with Crippen molar-refractivity contribution in [2.24, 2.45) is 23.7 Å². The summed E-state index contributed by atoms with van der Waals surface area (Å²) in [4.78, 5) is 20.3. The van der Waals surface area contributed by atoms with Crippen molar-refractivity contribution in [3.05, 3.63) is 86.0 Å². The average molecular weight is 687 g/mol. The molecule has 0 fully saturated rings. The number of hydrogen-bond donors (Lipinski definition) is 1. The van der Waals surface area contributed by atoms with Crippen molar-refractivity contribution in [3.63, 3.8) is 0 Å². The fraction of sp³-hybridized carbons (Fsp3) is 0.619. The van der Waals surface area contributed by atoms with E-state index in [4.69, 9.17) is 5.11 Å². The number of nitrogens with zero attached hydrogens (tertiary/aromatic N) is 2. The van der Waals surface area contributed by atoms with Crippen molar-refractivity contribution in [2.75, 3.05) is 0 Å². The number of phenolic OH excluding ortho intramolecular Hbond substituents is 1. The average Bonchev–Trinajstić information content (AvgIpc) is 3.07. The molecule has 2 unspecified atom stereocenters. The standard InChI is InChI=1S/C10H11NO3.C10H11NO2.C8H18.C6H14.C5H12.C3H8/c1-2-3-4-8-5-6-9(12)7-10(8)11(13)14;1-2-3-6-9-7-4-5-8-10(9)11(12)13;1-5-7(3)8(4)6-2;1-4-5-6(2)3;1-4-5(2)3;1-3-2/h3-7,12H,2H2,1H3;3-8H,2H2,1H3;7-8H,5-6H2,1-4H3;6H,4-5H2,1-3H3;5H,4H2,1-3H3;3H2,1-2H3/b4-3-;6-3-;;;;. The van der Waals surface area contributed by atoms with E-state index in [-0.39, 0.29) is 22.0 Å². The first-order valence-corrected chi connectivity index (χ1v) is 18.6. The summed E-state index contributed by atoms with van der Waals surface area (Å²) in [5.74, 6) is 3.52. The molecule has 0 saturated carbocycles. The fourth-order valence-electron chi connectivity index (χ4n) is 3.50. The molecule has 2 rings (SSSR count). The molecule has 0 saturated heterocycles. The Kier molecular flexibility index (Phi) is 38.3. The van der Waals surface area contributed by atoms with Gasteiger partial charge in [-0.1, -0.05) is 172 Å². The van der Waals surface area contributed by atoms with E-state index in [0.717, 1.165) is 42.6 Å². The monoisotopic (exact) mass is 687 g/mol. The third kappa shape index (κ3) is 32.8. The Hall–Kier alpha value is -3.48. The van der Waals surface area contributed by atoms with Crippen LogP contribution in [0, 0.1) is 43.9 Å². The molecular weight excluding hydrogens is 612 g/mol. The summed E-state index contributed by atoms with van der Waals surface area (Å²) in [6.07, 6.45) is 16.8. The van der Waals surface area contributed by atoms with Gasteiger partial charge in [0, 0.05) is 6.07 Å². The highest BCUT2D eigenvalue weighted by Gasteiger charge is 2.12. The molecule has 0 aromatic heterocycles. The second-order valence-corrected chi connectivity index (χ2v) is 12.9. The van der Waals surface area contributed by atoms with Crippen LogP contribution in [-0.4, -0.2) is 15.0 Å². The molecule has 0 aliphatic rings. The minimum atomic E-state index is -0.505. The van der Waals surface area contributed by atoms with Gasteiger partial charge in [-0.3, -0.25) is 20.2 Å². The number of rotatable bonds is 12. The summed E-state index contributed by atoms with van der Waals surface area (Å²) >= 11 is 0. The van der Waals surface area contributed by atoms with Crippen LogP contribution in [0.15, 0.2) is 54.6 Å². The zero-order chi connectivity index (χ0) is 38.8. The molecule has 0 radical (unpaired) electrons. The topological polar surface area (TPSA) is 107 Å². The Morgan fingerprint density at radius 1 is 0.633 bits per heavy atom. The summed E-state index contributed by atoms with van der Waals surface area (Å²) < 4.78 is 0. The lowest BCUT2D eigenvalue weighted by Gasteiger charge is -2.14. The van der Waals surface area contributed by atoms with E-state index < -0.39 is 4.92 Å². The summed E-state index contributed by atoms with van der Waals surface area (Å²) in [5, 5.41) is 30.2. The van der Waals surface area contributed by atoms with E-state index in [0.29, 0.717) is 11.1 Å². The number of benzene rings is 2. The van der Waals surface area contributed by atoms with Crippen molar-refractivity contribution in [1.29, 1.82) is 0 Å². The number of hydrogen-bond acceptors (Lipinski definition) is 5. The lowest BCUT2D eigenvalue weighted by atomic mass is 9.92. The van der Waals surface area contributed by atoms with Gasteiger partial charge in [-0.2, -0.15) is 0 Å². The van der Waals surface area contributed by atoms with Crippen LogP contribution in [0.25, 0.3) is 12.2 Å². The molecule has 7 nitrogen and oxygen atoms in total. The molecule has 0 aliphatic carbocycles. The number of allylic oxidation sites excluding steroid dienone is 2. The Bertz CT molecular complexity index is 1120. The van der Waals surface area contributed by atoms with Gasteiger partial charge in [0.25, 0.3) is 11.4 Å². The van der Waals surface area contributed by atoms with Gasteiger partial charge in [0.1, 0.15) is 5.75 Å². The summed E-state index contributed by atoms with van der Waals surface area (Å²) in [6, 6.07) is 10.8. The van der Waals surface area contributed by atoms with Crippen LogP contribution in [-0.2, 0) is 0 Å². The van der Waals surface area contributed by atoms with Gasteiger partial charge in [0.2, 0.25) is 0 Å². The first kappa shape index (κ1) is 52.3. The minimum Gasteiger partial charge on any atom is -0.508 e. The highest BCUT2D eigenvalue weighted by Crippen LogP contribution is 2.25. The molecule has 0 spiro atoms. The van der Waals surface area contributed by atoms with Gasteiger partial charge in [0.15, 0.2) is 0 Å². The molecule has 0 aliphatic heterocycles. The number of nitro benzene ring substituents is 2. The first-order chi connectivity index (χ1) is 23.1. The molecule has 0 amide bonds. The van der Waals surface area contributed by atoms with Gasteiger partial charge in [-0.25, -0.2) is 0 Å². The molecule has 0 bridgehead atoms. The first-order valence-electron chi connectivity index (χ1n) is 18.6. The Morgan fingerprint density at radius 3 is 1.35 bits per heavy atom. The number of phenols is 1. The Balaban J connectivity index is -0.000000266. The van der Waals surface area contributed by atoms with Gasteiger partial charge in [-0.15, -0.1) is 0 Å². The van der Waals surface area contributed by atoms with Gasteiger partial charge < -0.3 is 5.11 Å². The van der Waals surface area contributed by atoms with Gasteiger partial charge in [-0.05, 0) is 54.7 Å².